The summed E-state index contributed by atoms with van der Waals surface area (Å²) in [4.78, 5) is 0. The minimum Gasteiger partial charge on any atom is -0.330 e. The highest BCUT2D eigenvalue weighted by Crippen LogP contribution is 2.45. The molecule has 86 valence electrons. The number of benzene rings is 1. The number of aryl methyl sites for hydroxylation is 1. The van der Waals surface area contributed by atoms with Gasteiger partial charge in [-0.25, -0.2) is 4.39 Å². The summed E-state index contributed by atoms with van der Waals surface area (Å²) in [6, 6.07) is 4.11. The molecule has 2 heteroatoms. The zero-order chi connectivity index (χ0) is 11.2. The maximum absolute atomic E-state index is 14.4. The Kier molecular flexibility index (Phi) is 2.28. The van der Waals surface area contributed by atoms with Crippen molar-refractivity contribution in [1.29, 1.82) is 0 Å². The third-order valence-electron chi connectivity index (χ3n) is 4.49. The van der Waals surface area contributed by atoms with Crippen molar-refractivity contribution < 1.29 is 4.39 Å². The molecule has 0 heterocycles. The van der Waals surface area contributed by atoms with E-state index in [9.17, 15) is 4.39 Å². The Labute approximate surface area is 95.8 Å². The van der Waals surface area contributed by atoms with Crippen LogP contribution < -0.4 is 5.73 Å². The van der Waals surface area contributed by atoms with Crippen LogP contribution in [0, 0.1) is 5.82 Å². The molecule has 1 aromatic carbocycles. The van der Waals surface area contributed by atoms with Crippen molar-refractivity contribution in [2.75, 3.05) is 6.54 Å². The predicted octanol–water partition coefficient (Wildman–Crippen LogP) is 2.69. The van der Waals surface area contributed by atoms with E-state index < -0.39 is 0 Å². The Hall–Kier alpha value is -0.890. The van der Waals surface area contributed by atoms with E-state index in [1.54, 1.807) is 0 Å². The maximum Gasteiger partial charge on any atom is 0.130 e. The van der Waals surface area contributed by atoms with Gasteiger partial charge in [0.05, 0.1) is 0 Å². The van der Waals surface area contributed by atoms with E-state index in [1.807, 2.05) is 6.07 Å². The molecule has 2 aliphatic carbocycles. The van der Waals surface area contributed by atoms with Gasteiger partial charge < -0.3 is 5.73 Å². The first-order valence-electron chi connectivity index (χ1n) is 6.28. The molecule has 2 aliphatic rings. The number of hydrogen-bond donors (Lipinski definition) is 1. The SMILES string of the molecule is NCC1(c2ccc3c(c2F)CCC3)CCC1. The molecule has 3 rings (SSSR count). The van der Waals surface area contributed by atoms with Crippen LogP contribution in [0.15, 0.2) is 12.1 Å². The average molecular weight is 219 g/mol. The molecule has 2 N–H and O–H groups in total. The minimum atomic E-state index is -0.0400. The summed E-state index contributed by atoms with van der Waals surface area (Å²) in [5.74, 6) is 0.0557. The van der Waals surface area contributed by atoms with Gasteiger partial charge in [-0.1, -0.05) is 18.6 Å². The number of halogens is 1. The highest BCUT2D eigenvalue weighted by atomic mass is 19.1. The molecule has 1 fully saturated rings. The topological polar surface area (TPSA) is 26.0 Å². The third kappa shape index (κ3) is 1.26. The zero-order valence-corrected chi connectivity index (χ0v) is 9.56. The summed E-state index contributed by atoms with van der Waals surface area (Å²) in [5, 5.41) is 0. The molecule has 0 radical (unpaired) electrons. The number of nitrogens with two attached hydrogens (primary N) is 1. The van der Waals surface area contributed by atoms with Crippen LogP contribution in [0.4, 0.5) is 4.39 Å². The van der Waals surface area contributed by atoms with E-state index in [2.05, 4.69) is 6.07 Å². The van der Waals surface area contributed by atoms with Crippen molar-refractivity contribution in [1.82, 2.24) is 0 Å². The molecule has 16 heavy (non-hydrogen) atoms. The number of rotatable bonds is 2. The molecule has 0 spiro atoms. The first-order chi connectivity index (χ1) is 7.77. The fourth-order valence-corrected chi connectivity index (χ4v) is 3.22. The molecule has 1 saturated carbocycles. The van der Waals surface area contributed by atoms with Gasteiger partial charge in [-0.15, -0.1) is 0 Å². The highest BCUT2D eigenvalue weighted by molar-refractivity contribution is 5.41. The van der Waals surface area contributed by atoms with E-state index in [4.69, 9.17) is 5.73 Å². The zero-order valence-electron chi connectivity index (χ0n) is 9.56. The van der Waals surface area contributed by atoms with E-state index in [0.29, 0.717) is 6.54 Å². The summed E-state index contributed by atoms with van der Waals surface area (Å²) >= 11 is 0. The monoisotopic (exact) mass is 219 g/mol. The van der Waals surface area contributed by atoms with Crippen LogP contribution in [0.3, 0.4) is 0 Å². The molecule has 0 unspecified atom stereocenters. The first-order valence-corrected chi connectivity index (χ1v) is 6.28. The van der Waals surface area contributed by atoms with E-state index in [0.717, 1.165) is 43.2 Å². The van der Waals surface area contributed by atoms with Gasteiger partial charge >= 0.3 is 0 Å². The molecule has 0 atom stereocenters. The van der Waals surface area contributed by atoms with Crippen molar-refractivity contribution >= 4 is 0 Å². The van der Waals surface area contributed by atoms with Crippen molar-refractivity contribution in [2.24, 2.45) is 5.73 Å². The van der Waals surface area contributed by atoms with Crippen LogP contribution in [-0.2, 0) is 18.3 Å². The van der Waals surface area contributed by atoms with Gasteiger partial charge in [0.25, 0.3) is 0 Å². The fourth-order valence-electron chi connectivity index (χ4n) is 3.22. The summed E-state index contributed by atoms with van der Waals surface area (Å²) in [7, 11) is 0. The van der Waals surface area contributed by atoms with Gasteiger partial charge in [-0.05, 0) is 48.8 Å². The molecule has 0 bridgehead atoms. The van der Waals surface area contributed by atoms with Crippen LogP contribution >= 0.6 is 0 Å². The Balaban J connectivity index is 2.08. The van der Waals surface area contributed by atoms with Gasteiger partial charge in [0, 0.05) is 12.0 Å². The van der Waals surface area contributed by atoms with Crippen molar-refractivity contribution in [3.63, 3.8) is 0 Å². The van der Waals surface area contributed by atoms with Crippen LogP contribution in [-0.4, -0.2) is 6.54 Å². The fraction of sp³-hybridized carbons (Fsp3) is 0.571. The number of hydrogen-bond acceptors (Lipinski definition) is 1. The molecular weight excluding hydrogens is 201 g/mol. The molecule has 0 saturated heterocycles. The van der Waals surface area contributed by atoms with Crippen molar-refractivity contribution in [3.05, 3.63) is 34.6 Å². The Morgan fingerprint density at radius 2 is 2.00 bits per heavy atom. The Bertz CT molecular complexity index is 415. The first kappa shape index (κ1) is 10.3. The maximum atomic E-state index is 14.4. The number of fused-ring (bicyclic) bond motifs is 1. The highest BCUT2D eigenvalue weighted by Gasteiger charge is 2.40. The second kappa shape index (κ2) is 3.56. The summed E-state index contributed by atoms with van der Waals surface area (Å²) in [5.41, 5.74) is 8.88. The Morgan fingerprint density at radius 1 is 1.19 bits per heavy atom. The largest absolute Gasteiger partial charge is 0.330 e. The van der Waals surface area contributed by atoms with E-state index >= 15 is 0 Å². The minimum absolute atomic E-state index is 0.0400. The lowest BCUT2D eigenvalue weighted by Crippen LogP contribution is -2.42. The average Bonchev–Trinajstić information content (AvgIpc) is 2.69. The van der Waals surface area contributed by atoms with E-state index in [1.165, 1.54) is 12.0 Å². The van der Waals surface area contributed by atoms with E-state index in [-0.39, 0.29) is 11.2 Å². The van der Waals surface area contributed by atoms with Gasteiger partial charge in [0.15, 0.2) is 0 Å². The van der Waals surface area contributed by atoms with Crippen LogP contribution in [0.2, 0.25) is 0 Å². The standard InChI is InChI=1S/C14H18FN/c15-13-11-4-1-3-10(11)5-6-12(13)14(9-16)7-2-8-14/h5-6H,1-4,7-9,16H2. The van der Waals surface area contributed by atoms with Gasteiger partial charge in [0.1, 0.15) is 5.82 Å². The Morgan fingerprint density at radius 3 is 2.62 bits per heavy atom. The summed E-state index contributed by atoms with van der Waals surface area (Å²) < 4.78 is 14.4. The lowest BCUT2D eigenvalue weighted by Gasteiger charge is -2.42. The summed E-state index contributed by atoms with van der Waals surface area (Å²) in [6.07, 6.45) is 6.36. The quantitative estimate of drug-likeness (QED) is 0.813. The summed E-state index contributed by atoms with van der Waals surface area (Å²) in [6.45, 7) is 0.586. The van der Waals surface area contributed by atoms with Crippen LogP contribution in [0.1, 0.15) is 42.4 Å². The van der Waals surface area contributed by atoms with Crippen molar-refractivity contribution in [3.8, 4) is 0 Å². The van der Waals surface area contributed by atoms with Crippen LogP contribution in [0.25, 0.3) is 0 Å². The van der Waals surface area contributed by atoms with Gasteiger partial charge in [-0.2, -0.15) is 0 Å². The molecule has 0 amide bonds. The lowest BCUT2D eigenvalue weighted by atomic mass is 9.64. The van der Waals surface area contributed by atoms with Crippen LogP contribution in [0.5, 0.6) is 0 Å². The smallest absolute Gasteiger partial charge is 0.130 e. The molecule has 1 aromatic rings. The molecule has 0 aliphatic heterocycles. The second-order valence-electron chi connectivity index (χ2n) is 5.26. The molecular formula is C14H18FN. The molecule has 0 aromatic heterocycles. The lowest BCUT2D eigenvalue weighted by molar-refractivity contribution is 0.244. The van der Waals surface area contributed by atoms with Gasteiger partial charge in [0.2, 0.25) is 0 Å². The molecule has 1 nitrogen and oxygen atoms in total. The van der Waals surface area contributed by atoms with Crippen molar-refractivity contribution in [2.45, 2.75) is 43.9 Å². The normalized spacial score (nSPS) is 21.6. The third-order valence-corrected chi connectivity index (χ3v) is 4.49. The predicted molar refractivity (Wildman–Crippen MR) is 63.0 cm³/mol. The second-order valence-corrected chi connectivity index (χ2v) is 5.26. The van der Waals surface area contributed by atoms with Gasteiger partial charge in [-0.3, -0.25) is 0 Å².